The molecule has 0 spiro atoms. The number of methoxy groups -OCH3 is 1. The van der Waals surface area contributed by atoms with Gasteiger partial charge in [0.15, 0.2) is 0 Å². The predicted octanol–water partition coefficient (Wildman–Crippen LogP) is 2.99. The van der Waals surface area contributed by atoms with Crippen molar-refractivity contribution in [2.24, 2.45) is 0 Å². The Morgan fingerprint density at radius 3 is 2.61 bits per heavy atom. The maximum Gasteiger partial charge on any atom is 0.255 e. The van der Waals surface area contributed by atoms with Crippen LogP contribution >= 0.6 is 36.4 Å². The summed E-state index contributed by atoms with van der Waals surface area (Å²) in [4.78, 5) is 14.6. The highest BCUT2D eigenvalue weighted by atomic mass is 35.5. The molecule has 0 aliphatic heterocycles. The molecule has 1 saturated carbocycles. The van der Waals surface area contributed by atoms with E-state index >= 15 is 0 Å². The van der Waals surface area contributed by atoms with Gasteiger partial charge in [-0.25, -0.2) is 0 Å². The molecule has 1 fully saturated rings. The standard InChI is InChI=1S/C15H22ClN3O2.2ClH/c1-9(19(2)10-4-5-10)8-18-15(20)11-6-12(16)13(17)7-14(11)21-3;;/h6-7,9-10H,4-5,8,17H2,1-3H3,(H,18,20);2*1H. The molecule has 0 aromatic heterocycles. The Balaban J connectivity index is 0.00000242. The second-order valence-corrected chi connectivity index (χ2v) is 5.94. The third-order valence-corrected chi connectivity index (χ3v) is 4.27. The fourth-order valence-electron chi connectivity index (χ4n) is 2.24. The summed E-state index contributed by atoms with van der Waals surface area (Å²) in [6, 6.07) is 4.06. The molecule has 0 bridgehead atoms. The highest BCUT2D eigenvalue weighted by molar-refractivity contribution is 6.33. The van der Waals surface area contributed by atoms with Crippen molar-refractivity contribution in [3.8, 4) is 5.75 Å². The van der Waals surface area contributed by atoms with Crippen LogP contribution < -0.4 is 15.8 Å². The third kappa shape index (κ3) is 5.60. The van der Waals surface area contributed by atoms with Crippen molar-refractivity contribution in [2.75, 3.05) is 26.4 Å². The Kier molecular flexibility index (Phi) is 9.06. The Bertz CT molecular complexity index is 539. The molecule has 1 aromatic rings. The first-order chi connectivity index (χ1) is 9.93. The molecule has 5 nitrogen and oxygen atoms in total. The number of nitrogens with zero attached hydrogens (tertiary/aromatic N) is 1. The molecule has 1 aromatic carbocycles. The summed E-state index contributed by atoms with van der Waals surface area (Å²) < 4.78 is 5.19. The molecule has 0 heterocycles. The van der Waals surface area contributed by atoms with E-state index in [2.05, 4.69) is 24.2 Å². The number of hydrogen-bond acceptors (Lipinski definition) is 4. The zero-order valence-electron chi connectivity index (χ0n) is 13.5. The summed E-state index contributed by atoms with van der Waals surface area (Å²) >= 11 is 5.98. The lowest BCUT2D eigenvalue weighted by Crippen LogP contribution is -2.41. The van der Waals surface area contributed by atoms with Crippen LogP contribution in [0.2, 0.25) is 5.02 Å². The molecule has 1 aliphatic rings. The number of anilines is 1. The molecule has 8 heteroatoms. The molecule has 132 valence electrons. The zero-order valence-corrected chi connectivity index (χ0v) is 15.9. The maximum absolute atomic E-state index is 12.3. The summed E-state index contributed by atoms with van der Waals surface area (Å²) in [5, 5.41) is 3.27. The van der Waals surface area contributed by atoms with E-state index in [1.807, 2.05) is 0 Å². The first-order valence-electron chi connectivity index (χ1n) is 7.07. The van der Waals surface area contributed by atoms with Crippen LogP contribution in [0.4, 0.5) is 5.69 Å². The van der Waals surface area contributed by atoms with Crippen molar-refractivity contribution in [2.45, 2.75) is 31.8 Å². The number of hydrogen-bond donors (Lipinski definition) is 2. The Morgan fingerprint density at radius 2 is 2.09 bits per heavy atom. The number of halogens is 3. The molecular formula is C15H24Cl3N3O2. The second kappa shape index (κ2) is 9.42. The van der Waals surface area contributed by atoms with Crippen molar-refractivity contribution in [3.05, 3.63) is 22.7 Å². The highest BCUT2D eigenvalue weighted by Gasteiger charge is 2.29. The van der Waals surface area contributed by atoms with Gasteiger partial charge in [0.2, 0.25) is 0 Å². The van der Waals surface area contributed by atoms with Crippen LogP contribution in [0.1, 0.15) is 30.1 Å². The van der Waals surface area contributed by atoms with Crippen LogP contribution in [-0.2, 0) is 0 Å². The summed E-state index contributed by atoms with van der Waals surface area (Å²) in [5.41, 5.74) is 6.51. The van der Waals surface area contributed by atoms with Gasteiger partial charge in [-0.1, -0.05) is 11.6 Å². The van der Waals surface area contributed by atoms with Gasteiger partial charge in [0.1, 0.15) is 5.75 Å². The Morgan fingerprint density at radius 1 is 1.48 bits per heavy atom. The second-order valence-electron chi connectivity index (χ2n) is 5.53. The average molecular weight is 385 g/mol. The van der Waals surface area contributed by atoms with Crippen LogP contribution in [0.3, 0.4) is 0 Å². The molecule has 0 saturated heterocycles. The first kappa shape index (κ1) is 22.1. The number of rotatable bonds is 6. The van der Waals surface area contributed by atoms with Gasteiger partial charge in [0, 0.05) is 24.7 Å². The summed E-state index contributed by atoms with van der Waals surface area (Å²) in [5.74, 6) is 0.224. The van der Waals surface area contributed by atoms with Crippen molar-refractivity contribution in [1.82, 2.24) is 10.2 Å². The van der Waals surface area contributed by atoms with Crippen molar-refractivity contribution in [1.29, 1.82) is 0 Å². The van der Waals surface area contributed by atoms with Crippen LogP contribution in [-0.4, -0.2) is 43.6 Å². The van der Waals surface area contributed by atoms with Gasteiger partial charge < -0.3 is 15.8 Å². The number of amides is 1. The van der Waals surface area contributed by atoms with Crippen molar-refractivity contribution < 1.29 is 9.53 Å². The molecule has 3 N–H and O–H groups in total. The number of carbonyl (C=O) groups is 1. The van der Waals surface area contributed by atoms with Crippen LogP contribution in [0.15, 0.2) is 12.1 Å². The van der Waals surface area contributed by atoms with E-state index in [4.69, 9.17) is 22.1 Å². The normalized spacial score (nSPS) is 14.5. The quantitative estimate of drug-likeness (QED) is 0.740. The fourth-order valence-corrected chi connectivity index (χ4v) is 2.40. The van der Waals surface area contributed by atoms with Gasteiger partial charge in [-0.05, 0) is 32.9 Å². The van der Waals surface area contributed by atoms with Gasteiger partial charge in [0.25, 0.3) is 5.91 Å². The lowest BCUT2D eigenvalue weighted by molar-refractivity contribution is 0.0936. The van der Waals surface area contributed by atoms with E-state index in [0.717, 1.165) is 0 Å². The maximum atomic E-state index is 12.3. The molecule has 0 radical (unpaired) electrons. The molecule has 1 amide bonds. The zero-order chi connectivity index (χ0) is 15.6. The lowest BCUT2D eigenvalue weighted by Gasteiger charge is -2.24. The van der Waals surface area contributed by atoms with Gasteiger partial charge >= 0.3 is 0 Å². The van der Waals surface area contributed by atoms with E-state index in [1.165, 1.54) is 20.0 Å². The molecule has 23 heavy (non-hydrogen) atoms. The molecule has 1 unspecified atom stereocenters. The van der Waals surface area contributed by atoms with Crippen molar-refractivity contribution in [3.63, 3.8) is 0 Å². The van der Waals surface area contributed by atoms with E-state index in [-0.39, 0.29) is 36.8 Å². The number of nitrogens with one attached hydrogen (secondary N) is 1. The minimum atomic E-state index is -0.204. The van der Waals surface area contributed by atoms with Gasteiger partial charge in [0.05, 0.1) is 23.4 Å². The topological polar surface area (TPSA) is 67.6 Å². The van der Waals surface area contributed by atoms with Crippen LogP contribution in [0.25, 0.3) is 0 Å². The smallest absolute Gasteiger partial charge is 0.255 e. The van der Waals surface area contributed by atoms with Gasteiger partial charge in [-0.15, -0.1) is 24.8 Å². The fraction of sp³-hybridized carbons (Fsp3) is 0.533. The summed E-state index contributed by atoms with van der Waals surface area (Å²) in [6.45, 7) is 2.68. The van der Waals surface area contributed by atoms with Gasteiger partial charge in [-0.2, -0.15) is 0 Å². The Hall–Kier alpha value is -0.880. The predicted molar refractivity (Wildman–Crippen MR) is 99.5 cm³/mol. The van der Waals surface area contributed by atoms with Crippen LogP contribution in [0.5, 0.6) is 5.75 Å². The highest BCUT2D eigenvalue weighted by Crippen LogP contribution is 2.29. The number of nitrogens with two attached hydrogens (primary N) is 1. The minimum Gasteiger partial charge on any atom is -0.496 e. The number of likely N-dealkylation sites (N-methyl/N-ethyl adjacent to an activating group) is 1. The molecule has 1 aliphatic carbocycles. The number of benzene rings is 1. The average Bonchev–Trinajstić information content (AvgIpc) is 3.30. The summed E-state index contributed by atoms with van der Waals surface area (Å²) in [7, 11) is 3.60. The van der Waals surface area contributed by atoms with E-state index in [0.29, 0.717) is 34.6 Å². The number of carbonyl (C=O) groups excluding carboxylic acids is 1. The first-order valence-corrected chi connectivity index (χ1v) is 7.45. The molecular weight excluding hydrogens is 361 g/mol. The van der Waals surface area contributed by atoms with Crippen molar-refractivity contribution >= 4 is 48.0 Å². The SMILES string of the molecule is COc1cc(N)c(Cl)cc1C(=O)NCC(C)N(C)C1CC1.Cl.Cl. The monoisotopic (exact) mass is 383 g/mol. The van der Waals surface area contributed by atoms with E-state index in [9.17, 15) is 4.79 Å². The van der Waals surface area contributed by atoms with E-state index < -0.39 is 0 Å². The van der Waals surface area contributed by atoms with E-state index in [1.54, 1.807) is 12.1 Å². The number of nitrogen functional groups attached to an aromatic ring is 1. The summed E-state index contributed by atoms with van der Waals surface area (Å²) in [6.07, 6.45) is 2.49. The van der Waals surface area contributed by atoms with Gasteiger partial charge in [-0.3, -0.25) is 9.69 Å². The molecule has 1 atom stereocenters. The lowest BCUT2D eigenvalue weighted by atomic mass is 10.1. The Labute approximate surface area is 154 Å². The number of ether oxygens (including phenoxy) is 1. The van der Waals surface area contributed by atoms with Crippen LogP contribution in [0, 0.1) is 0 Å². The third-order valence-electron chi connectivity index (χ3n) is 3.94. The molecule has 2 rings (SSSR count). The largest absolute Gasteiger partial charge is 0.496 e. The minimum absolute atomic E-state index is 0.